The monoisotopic (exact) mass is 167 g/mol. The molecule has 0 aromatic carbocycles. The van der Waals surface area contributed by atoms with Crippen molar-refractivity contribution in [2.75, 3.05) is 6.54 Å². The first-order valence-corrected chi connectivity index (χ1v) is 3.72. The van der Waals surface area contributed by atoms with Crippen molar-refractivity contribution >= 4 is 0 Å². The standard InChI is InChI=1S/C7H12F3N/c1-5-3-6(2)11(5)4-7(8,9)10/h5-6H,3-4H2,1-2H3. The molecule has 1 aliphatic rings. The Bertz CT molecular complexity index is 135. The van der Waals surface area contributed by atoms with E-state index in [2.05, 4.69) is 0 Å². The van der Waals surface area contributed by atoms with Crippen LogP contribution in [0.4, 0.5) is 13.2 Å². The van der Waals surface area contributed by atoms with Crippen LogP contribution in [0.5, 0.6) is 0 Å². The van der Waals surface area contributed by atoms with E-state index in [1.54, 1.807) is 0 Å². The lowest BCUT2D eigenvalue weighted by Crippen LogP contribution is -2.55. The quantitative estimate of drug-likeness (QED) is 0.577. The number of hydrogen-bond donors (Lipinski definition) is 0. The number of halogens is 3. The number of hydrogen-bond acceptors (Lipinski definition) is 1. The fraction of sp³-hybridized carbons (Fsp3) is 1.00. The van der Waals surface area contributed by atoms with Gasteiger partial charge in [-0.2, -0.15) is 13.2 Å². The molecule has 1 rings (SSSR count). The van der Waals surface area contributed by atoms with Gasteiger partial charge in [0, 0.05) is 12.1 Å². The van der Waals surface area contributed by atoms with E-state index in [0.717, 1.165) is 6.42 Å². The summed E-state index contributed by atoms with van der Waals surface area (Å²) < 4.78 is 35.5. The topological polar surface area (TPSA) is 3.24 Å². The van der Waals surface area contributed by atoms with Gasteiger partial charge in [0.25, 0.3) is 0 Å². The van der Waals surface area contributed by atoms with E-state index >= 15 is 0 Å². The zero-order chi connectivity index (χ0) is 8.65. The van der Waals surface area contributed by atoms with Crippen LogP contribution < -0.4 is 0 Å². The van der Waals surface area contributed by atoms with Gasteiger partial charge in [-0.3, -0.25) is 4.90 Å². The molecular formula is C7H12F3N. The van der Waals surface area contributed by atoms with Crippen molar-refractivity contribution in [3.8, 4) is 0 Å². The van der Waals surface area contributed by atoms with Gasteiger partial charge in [-0.15, -0.1) is 0 Å². The molecule has 0 aromatic rings. The highest BCUT2D eigenvalue weighted by molar-refractivity contribution is 4.87. The minimum absolute atomic E-state index is 0.103. The molecule has 1 saturated heterocycles. The Hall–Kier alpha value is -0.250. The Labute approximate surface area is 64.2 Å². The molecule has 1 fully saturated rings. The third-order valence-electron chi connectivity index (χ3n) is 2.18. The van der Waals surface area contributed by atoms with Crippen LogP contribution in [0.25, 0.3) is 0 Å². The smallest absolute Gasteiger partial charge is 0.289 e. The van der Waals surface area contributed by atoms with Crippen LogP contribution in [-0.2, 0) is 0 Å². The summed E-state index contributed by atoms with van der Waals surface area (Å²) >= 11 is 0. The molecule has 0 spiro atoms. The first kappa shape index (κ1) is 8.84. The zero-order valence-corrected chi connectivity index (χ0v) is 6.65. The summed E-state index contributed by atoms with van der Waals surface area (Å²) in [6, 6.07) is 0.207. The van der Waals surface area contributed by atoms with Crippen molar-refractivity contribution in [3.63, 3.8) is 0 Å². The minimum atomic E-state index is -4.04. The molecule has 66 valence electrons. The average molecular weight is 167 g/mol. The van der Waals surface area contributed by atoms with Crippen LogP contribution in [0.15, 0.2) is 0 Å². The van der Waals surface area contributed by atoms with Crippen molar-refractivity contribution < 1.29 is 13.2 Å². The molecule has 0 N–H and O–H groups in total. The van der Waals surface area contributed by atoms with Gasteiger partial charge >= 0.3 is 6.18 Å². The number of alkyl halides is 3. The lowest BCUT2D eigenvalue weighted by atomic mass is 9.96. The van der Waals surface area contributed by atoms with Gasteiger partial charge < -0.3 is 0 Å². The van der Waals surface area contributed by atoms with Gasteiger partial charge in [-0.1, -0.05) is 0 Å². The van der Waals surface area contributed by atoms with Crippen molar-refractivity contribution in [2.45, 2.75) is 38.5 Å². The Morgan fingerprint density at radius 1 is 1.27 bits per heavy atom. The summed E-state index contributed by atoms with van der Waals surface area (Å²) in [5, 5.41) is 0. The molecule has 11 heavy (non-hydrogen) atoms. The van der Waals surface area contributed by atoms with Gasteiger partial charge in [0.15, 0.2) is 0 Å². The summed E-state index contributed by atoms with van der Waals surface area (Å²) in [6.45, 7) is 2.90. The maximum absolute atomic E-state index is 11.8. The van der Waals surface area contributed by atoms with E-state index in [-0.39, 0.29) is 12.1 Å². The summed E-state index contributed by atoms with van der Waals surface area (Å²) in [7, 11) is 0. The van der Waals surface area contributed by atoms with Crippen LogP contribution in [0.1, 0.15) is 20.3 Å². The predicted octanol–water partition coefficient (Wildman–Crippen LogP) is 2.03. The molecule has 0 bridgehead atoms. The maximum Gasteiger partial charge on any atom is 0.401 e. The van der Waals surface area contributed by atoms with Gasteiger partial charge in [-0.25, -0.2) is 0 Å². The van der Waals surface area contributed by atoms with Crippen molar-refractivity contribution in [3.05, 3.63) is 0 Å². The largest absolute Gasteiger partial charge is 0.401 e. The molecule has 0 radical (unpaired) electrons. The van der Waals surface area contributed by atoms with Crippen molar-refractivity contribution in [2.24, 2.45) is 0 Å². The number of rotatable bonds is 1. The lowest BCUT2D eigenvalue weighted by Gasteiger charge is -2.45. The molecule has 2 atom stereocenters. The SMILES string of the molecule is CC1CC(C)N1CC(F)(F)F. The Kier molecular flexibility index (Phi) is 2.14. The lowest BCUT2D eigenvalue weighted by molar-refractivity contribution is -0.170. The Balaban J connectivity index is 2.37. The second-order valence-corrected chi connectivity index (χ2v) is 3.22. The van der Waals surface area contributed by atoms with E-state index in [9.17, 15) is 13.2 Å². The second kappa shape index (κ2) is 2.66. The van der Waals surface area contributed by atoms with E-state index in [1.807, 2.05) is 13.8 Å². The number of likely N-dealkylation sites (tertiary alicyclic amines) is 1. The molecule has 1 heterocycles. The van der Waals surface area contributed by atoms with Crippen molar-refractivity contribution in [1.29, 1.82) is 0 Å². The summed E-state index contributed by atoms with van der Waals surface area (Å²) in [5.41, 5.74) is 0. The first-order chi connectivity index (χ1) is 4.90. The van der Waals surface area contributed by atoms with Crippen LogP contribution >= 0.6 is 0 Å². The fourth-order valence-electron chi connectivity index (χ4n) is 1.58. The third kappa shape index (κ3) is 2.09. The highest BCUT2D eigenvalue weighted by Crippen LogP contribution is 2.29. The van der Waals surface area contributed by atoms with E-state index < -0.39 is 12.7 Å². The van der Waals surface area contributed by atoms with E-state index in [1.165, 1.54) is 4.90 Å². The van der Waals surface area contributed by atoms with Gasteiger partial charge in [0.2, 0.25) is 0 Å². The van der Waals surface area contributed by atoms with Crippen molar-refractivity contribution in [1.82, 2.24) is 4.90 Å². The molecule has 2 unspecified atom stereocenters. The summed E-state index contributed by atoms with van der Waals surface area (Å²) in [4.78, 5) is 1.47. The Morgan fingerprint density at radius 2 is 1.73 bits per heavy atom. The fourth-order valence-corrected chi connectivity index (χ4v) is 1.58. The van der Waals surface area contributed by atoms with Gasteiger partial charge in [0.05, 0.1) is 6.54 Å². The molecule has 1 aliphatic heterocycles. The molecule has 0 amide bonds. The maximum atomic E-state index is 11.8. The Morgan fingerprint density at radius 3 is 1.91 bits per heavy atom. The average Bonchev–Trinajstić information content (AvgIpc) is 1.83. The molecular weight excluding hydrogens is 155 g/mol. The summed E-state index contributed by atoms with van der Waals surface area (Å²) in [6.07, 6.45) is -3.15. The predicted molar refractivity (Wildman–Crippen MR) is 36.3 cm³/mol. The normalized spacial score (nSPS) is 33.5. The molecule has 4 heteroatoms. The summed E-state index contributed by atoms with van der Waals surface area (Å²) in [5.74, 6) is 0. The minimum Gasteiger partial charge on any atom is -0.289 e. The number of nitrogens with zero attached hydrogens (tertiary/aromatic N) is 1. The molecule has 1 nitrogen and oxygen atoms in total. The van der Waals surface area contributed by atoms with Gasteiger partial charge in [-0.05, 0) is 20.3 Å². The molecule has 0 aliphatic carbocycles. The van der Waals surface area contributed by atoms with E-state index in [4.69, 9.17) is 0 Å². The highest BCUT2D eigenvalue weighted by Gasteiger charge is 2.40. The molecule has 0 aromatic heterocycles. The molecule has 0 saturated carbocycles. The van der Waals surface area contributed by atoms with E-state index in [0.29, 0.717) is 0 Å². The van der Waals surface area contributed by atoms with Crippen LogP contribution in [0.3, 0.4) is 0 Å². The van der Waals surface area contributed by atoms with Crippen LogP contribution in [0.2, 0.25) is 0 Å². The third-order valence-corrected chi connectivity index (χ3v) is 2.18. The zero-order valence-electron chi connectivity index (χ0n) is 6.65. The van der Waals surface area contributed by atoms with Crippen LogP contribution in [-0.4, -0.2) is 29.7 Å². The second-order valence-electron chi connectivity index (χ2n) is 3.22. The first-order valence-electron chi connectivity index (χ1n) is 3.72. The highest BCUT2D eigenvalue weighted by atomic mass is 19.4. The van der Waals surface area contributed by atoms with Crippen LogP contribution in [0, 0.1) is 0 Å². The van der Waals surface area contributed by atoms with Gasteiger partial charge in [0.1, 0.15) is 0 Å².